The number of benzene rings is 2. The molecule has 0 fully saturated rings. The minimum Gasteiger partial charge on any atom is -0.325 e. The molecule has 2 aromatic carbocycles. The third kappa shape index (κ3) is 5.24. The molecule has 0 aliphatic rings. The van der Waals surface area contributed by atoms with Crippen molar-refractivity contribution in [1.29, 1.82) is 0 Å². The number of amides is 2. The normalized spacial score (nSPS) is 11.1. The van der Waals surface area contributed by atoms with Crippen molar-refractivity contribution in [2.75, 3.05) is 9.62 Å². The Morgan fingerprint density at radius 2 is 1.74 bits per heavy atom. The number of carbonyl (C=O) groups excluding carboxylic acids is 2. The van der Waals surface area contributed by atoms with Crippen molar-refractivity contribution in [2.45, 2.75) is 38.0 Å². The number of rotatable bonds is 6. The van der Waals surface area contributed by atoms with E-state index in [9.17, 15) is 9.59 Å². The van der Waals surface area contributed by atoms with Crippen molar-refractivity contribution < 1.29 is 9.59 Å². The summed E-state index contributed by atoms with van der Waals surface area (Å²) >= 11 is 7.75. The molecule has 0 atom stereocenters. The average Bonchev–Trinajstić information content (AvgIpc) is 2.74. The highest BCUT2D eigenvalue weighted by Crippen LogP contribution is 2.32. The molecule has 6 nitrogen and oxygen atoms in total. The third-order valence-electron chi connectivity index (χ3n) is 4.72. The lowest BCUT2D eigenvalue weighted by atomic mass is 9.87. The van der Waals surface area contributed by atoms with Gasteiger partial charge in [-0.25, -0.2) is 14.9 Å². The second kappa shape index (κ2) is 9.49. The van der Waals surface area contributed by atoms with Crippen LogP contribution in [0.2, 0.25) is 5.02 Å². The zero-order valence-electron chi connectivity index (χ0n) is 17.7. The van der Waals surface area contributed by atoms with Crippen LogP contribution in [0.15, 0.2) is 59.8 Å². The highest BCUT2D eigenvalue weighted by Gasteiger charge is 2.25. The molecule has 0 aliphatic heterocycles. The first-order chi connectivity index (χ1) is 14.7. The number of halogens is 1. The van der Waals surface area contributed by atoms with Gasteiger partial charge in [0.25, 0.3) is 5.91 Å². The molecule has 0 aliphatic carbocycles. The second-order valence-corrected chi connectivity index (χ2v) is 9.19. The van der Waals surface area contributed by atoms with E-state index in [0.717, 1.165) is 15.5 Å². The minimum absolute atomic E-state index is 0.00959. The number of carbonyl (C=O) groups is 2. The molecule has 0 saturated heterocycles. The summed E-state index contributed by atoms with van der Waals surface area (Å²) in [6.45, 7) is 8.30. The Kier molecular flexibility index (Phi) is 6.97. The van der Waals surface area contributed by atoms with Crippen LogP contribution in [-0.4, -0.2) is 22.3 Å². The van der Waals surface area contributed by atoms with Crippen LogP contribution in [0.1, 0.15) is 42.3 Å². The molecule has 0 bridgehead atoms. The van der Waals surface area contributed by atoms with Crippen molar-refractivity contribution in [2.24, 2.45) is 0 Å². The van der Waals surface area contributed by atoms with E-state index >= 15 is 0 Å². The van der Waals surface area contributed by atoms with Crippen molar-refractivity contribution >= 4 is 47.5 Å². The van der Waals surface area contributed by atoms with Crippen molar-refractivity contribution in [3.05, 3.63) is 76.6 Å². The molecule has 1 aromatic heterocycles. The maximum atomic E-state index is 13.1. The fourth-order valence-electron chi connectivity index (χ4n) is 2.91. The molecule has 0 spiro atoms. The lowest BCUT2D eigenvalue weighted by molar-refractivity contribution is -0.107. The number of hydrogen-bond donors (Lipinski definition) is 1. The van der Waals surface area contributed by atoms with Gasteiger partial charge in [-0.15, -0.1) is 0 Å². The molecule has 31 heavy (non-hydrogen) atoms. The number of anilines is 2. The van der Waals surface area contributed by atoms with Gasteiger partial charge in [0.1, 0.15) is 0 Å². The molecule has 0 unspecified atom stereocenters. The molecule has 3 rings (SSSR count). The fourth-order valence-corrected chi connectivity index (χ4v) is 3.92. The van der Waals surface area contributed by atoms with E-state index in [4.69, 9.17) is 11.6 Å². The molecule has 0 radical (unpaired) electrons. The van der Waals surface area contributed by atoms with Crippen LogP contribution in [0.5, 0.6) is 0 Å². The van der Waals surface area contributed by atoms with E-state index in [1.165, 1.54) is 29.9 Å². The van der Waals surface area contributed by atoms with Gasteiger partial charge >= 0.3 is 0 Å². The summed E-state index contributed by atoms with van der Waals surface area (Å²) in [7, 11) is 0. The first kappa shape index (κ1) is 22.8. The van der Waals surface area contributed by atoms with Gasteiger partial charge in [0, 0.05) is 23.0 Å². The maximum Gasteiger partial charge on any atom is 0.269 e. The fraction of sp³-hybridized carbons (Fsp3) is 0.217. The van der Waals surface area contributed by atoms with Crippen LogP contribution in [0, 0.1) is 6.92 Å². The zero-order chi connectivity index (χ0) is 22.6. The summed E-state index contributed by atoms with van der Waals surface area (Å²) in [6.07, 6.45) is 3.30. The van der Waals surface area contributed by atoms with Gasteiger partial charge in [-0.05, 0) is 65.7 Å². The van der Waals surface area contributed by atoms with Gasteiger partial charge in [-0.2, -0.15) is 0 Å². The van der Waals surface area contributed by atoms with Crippen LogP contribution >= 0.6 is 23.5 Å². The van der Waals surface area contributed by atoms with Crippen LogP contribution in [-0.2, 0) is 10.2 Å². The van der Waals surface area contributed by atoms with E-state index in [2.05, 4.69) is 59.7 Å². The van der Waals surface area contributed by atoms with E-state index in [-0.39, 0.29) is 21.9 Å². The zero-order valence-corrected chi connectivity index (χ0v) is 19.3. The Morgan fingerprint density at radius 1 is 1.10 bits per heavy atom. The first-order valence-corrected chi connectivity index (χ1v) is 10.8. The smallest absolute Gasteiger partial charge is 0.269 e. The Bertz CT molecular complexity index is 1080. The minimum atomic E-state index is -0.591. The topological polar surface area (TPSA) is 75.2 Å². The quantitative estimate of drug-likeness (QED) is 0.382. The number of nitrogens with one attached hydrogen (secondary N) is 1. The second-order valence-electron chi connectivity index (χ2n) is 7.90. The predicted octanol–water partition coefficient (Wildman–Crippen LogP) is 5.66. The van der Waals surface area contributed by atoms with E-state index in [1.54, 1.807) is 25.1 Å². The van der Waals surface area contributed by atoms with Gasteiger partial charge in [0.15, 0.2) is 0 Å². The molecular weight excluding hydrogens is 432 g/mol. The summed E-state index contributed by atoms with van der Waals surface area (Å²) in [4.78, 5) is 34.5. The lowest BCUT2D eigenvalue weighted by Gasteiger charge is -2.19. The third-order valence-corrected chi connectivity index (χ3v) is 5.86. The standard InChI is InChI=1S/C23H23ClN4O2S/c1-15-19(27-31-17-8-6-16(7-9-17)23(2,3)4)11-10-18(24)20(15)21(30)28(14-29)22-25-12-5-13-26-22/h5-14,27H,1-4H3. The van der Waals surface area contributed by atoms with Crippen LogP contribution < -0.4 is 9.62 Å². The molecular formula is C23H23ClN4O2S. The number of hydrogen-bond acceptors (Lipinski definition) is 6. The van der Waals surface area contributed by atoms with E-state index in [1.807, 2.05) is 0 Å². The van der Waals surface area contributed by atoms with Gasteiger partial charge in [-0.3, -0.25) is 9.59 Å². The van der Waals surface area contributed by atoms with Gasteiger partial charge in [0.2, 0.25) is 12.4 Å². The Hall–Kier alpha value is -2.90. The summed E-state index contributed by atoms with van der Waals surface area (Å²) in [5.74, 6) is -0.600. The number of aromatic nitrogens is 2. The largest absolute Gasteiger partial charge is 0.325 e. The Morgan fingerprint density at radius 3 is 2.32 bits per heavy atom. The van der Waals surface area contributed by atoms with E-state index < -0.39 is 5.91 Å². The summed E-state index contributed by atoms with van der Waals surface area (Å²) < 4.78 is 3.27. The van der Waals surface area contributed by atoms with Crippen molar-refractivity contribution in [1.82, 2.24) is 9.97 Å². The van der Waals surface area contributed by atoms with Gasteiger partial charge in [-0.1, -0.05) is 44.5 Å². The summed E-state index contributed by atoms with van der Waals surface area (Å²) in [5.41, 5.74) is 2.90. The number of imide groups is 1. The van der Waals surface area contributed by atoms with Crippen LogP contribution in [0.25, 0.3) is 0 Å². The van der Waals surface area contributed by atoms with E-state index in [0.29, 0.717) is 12.0 Å². The van der Waals surface area contributed by atoms with Gasteiger partial charge in [0.05, 0.1) is 10.6 Å². The predicted molar refractivity (Wildman–Crippen MR) is 126 cm³/mol. The van der Waals surface area contributed by atoms with Gasteiger partial charge < -0.3 is 4.72 Å². The molecule has 0 saturated carbocycles. The number of nitrogens with zero attached hydrogens (tertiary/aromatic N) is 3. The molecule has 160 valence electrons. The maximum absolute atomic E-state index is 13.1. The lowest BCUT2D eigenvalue weighted by Crippen LogP contribution is -2.31. The molecule has 1 heterocycles. The summed E-state index contributed by atoms with van der Waals surface area (Å²) in [6, 6.07) is 13.3. The molecule has 3 aromatic rings. The average molecular weight is 455 g/mol. The molecule has 2 amide bonds. The van der Waals surface area contributed by atoms with Crippen LogP contribution in [0.4, 0.5) is 11.6 Å². The Balaban J connectivity index is 1.83. The van der Waals surface area contributed by atoms with Crippen LogP contribution in [0.3, 0.4) is 0 Å². The van der Waals surface area contributed by atoms with Crippen molar-refractivity contribution in [3.8, 4) is 0 Å². The highest BCUT2D eigenvalue weighted by atomic mass is 35.5. The molecule has 8 heteroatoms. The molecule has 1 N–H and O–H groups in total. The monoisotopic (exact) mass is 454 g/mol. The highest BCUT2D eigenvalue weighted by molar-refractivity contribution is 8.00. The summed E-state index contributed by atoms with van der Waals surface area (Å²) in [5, 5.41) is 0.246. The first-order valence-electron chi connectivity index (χ1n) is 9.60. The SMILES string of the molecule is Cc1c(NSc2ccc(C(C)(C)C)cc2)ccc(Cl)c1C(=O)N(C=O)c1ncccn1. The van der Waals surface area contributed by atoms with Crippen molar-refractivity contribution in [3.63, 3.8) is 0 Å². The Labute approximate surface area is 191 Å².